The van der Waals surface area contributed by atoms with Crippen molar-refractivity contribution in [2.24, 2.45) is 0 Å². The van der Waals surface area contributed by atoms with Crippen LogP contribution in [0.15, 0.2) is 41.2 Å². The molecule has 1 aromatic carbocycles. The number of aliphatic hydroxyl groups is 1. The van der Waals surface area contributed by atoms with Gasteiger partial charge in [0, 0.05) is 22.1 Å². The Morgan fingerprint density at radius 3 is 2.82 bits per heavy atom. The van der Waals surface area contributed by atoms with Crippen LogP contribution in [0.1, 0.15) is 42.2 Å². The van der Waals surface area contributed by atoms with E-state index in [-0.39, 0.29) is 28.9 Å². The molecular formula is C25H21ClN2O6. The number of carbonyl (C=O) groups is 2. The van der Waals surface area contributed by atoms with Crippen LogP contribution >= 0.6 is 11.6 Å². The third-order valence-corrected chi connectivity index (χ3v) is 6.70. The summed E-state index contributed by atoms with van der Waals surface area (Å²) in [5, 5.41) is 10.5. The third kappa shape index (κ3) is 3.33. The van der Waals surface area contributed by atoms with Gasteiger partial charge < -0.3 is 19.1 Å². The standard InChI is InChI=1S/C25H21ClN2O6/c1-4-14-15-7-13(34-12(3)11(2)23(26)30)5-6-19(15)27-21-17(14)9-28-20(21)8-16-18(24(28)31)10-33-25(32)22(16)29/h5-8,12,22,29H,2,4,9-10H2,1,3H3. The second-order valence-corrected chi connectivity index (χ2v) is 8.72. The summed E-state index contributed by atoms with van der Waals surface area (Å²) in [5.41, 5.74) is 4.26. The van der Waals surface area contributed by atoms with E-state index in [1.54, 1.807) is 23.6 Å². The first-order valence-corrected chi connectivity index (χ1v) is 11.2. The SMILES string of the molecule is C=C(C(=O)Cl)C(C)Oc1ccc2nc3c(c(CC)c2c1)Cn1c-3cc2c(c1=O)COC(=O)C2O. The van der Waals surface area contributed by atoms with Gasteiger partial charge in [0.05, 0.1) is 29.0 Å². The van der Waals surface area contributed by atoms with Crippen molar-refractivity contribution in [3.63, 3.8) is 0 Å². The topological polar surface area (TPSA) is 108 Å². The molecule has 0 radical (unpaired) electrons. The number of rotatable bonds is 5. The number of nitrogens with zero attached hydrogens (tertiary/aromatic N) is 2. The van der Waals surface area contributed by atoms with Crippen LogP contribution in [0.5, 0.6) is 5.75 Å². The van der Waals surface area contributed by atoms with E-state index in [1.165, 1.54) is 0 Å². The number of pyridine rings is 2. The minimum absolute atomic E-state index is 0.160. The van der Waals surface area contributed by atoms with Crippen LogP contribution in [-0.4, -0.2) is 32.0 Å². The van der Waals surface area contributed by atoms with Crippen LogP contribution in [-0.2, 0) is 33.9 Å². The van der Waals surface area contributed by atoms with Crippen LogP contribution in [0.2, 0.25) is 0 Å². The zero-order valence-corrected chi connectivity index (χ0v) is 19.3. The summed E-state index contributed by atoms with van der Waals surface area (Å²) in [7, 11) is 0. The summed E-state index contributed by atoms with van der Waals surface area (Å²) in [6.07, 6.45) is -1.41. The molecular weight excluding hydrogens is 460 g/mol. The Bertz CT molecular complexity index is 1470. The van der Waals surface area contributed by atoms with Crippen molar-refractivity contribution in [1.82, 2.24) is 9.55 Å². The Kier molecular flexibility index (Phi) is 5.30. The Labute approximate surface area is 199 Å². The van der Waals surface area contributed by atoms with Gasteiger partial charge in [0.2, 0.25) is 0 Å². The van der Waals surface area contributed by atoms with Crippen molar-refractivity contribution in [2.45, 2.75) is 45.6 Å². The molecule has 2 aliphatic heterocycles. The number of aliphatic hydroxyl groups excluding tert-OH is 1. The smallest absolute Gasteiger partial charge is 0.340 e. The molecule has 2 atom stereocenters. The van der Waals surface area contributed by atoms with Crippen LogP contribution in [0, 0.1) is 0 Å². The average Bonchev–Trinajstić information content (AvgIpc) is 3.18. The van der Waals surface area contributed by atoms with Gasteiger partial charge in [0.1, 0.15) is 18.5 Å². The number of aromatic nitrogens is 2. The summed E-state index contributed by atoms with van der Waals surface area (Å²) >= 11 is 5.52. The number of hydrogen-bond acceptors (Lipinski definition) is 7. The van der Waals surface area contributed by atoms with Gasteiger partial charge in [-0.1, -0.05) is 13.5 Å². The molecule has 174 valence electrons. The lowest BCUT2D eigenvalue weighted by atomic mass is 9.97. The molecule has 34 heavy (non-hydrogen) atoms. The molecule has 0 fully saturated rings. The highest BCUT2D eigenvalue weighted by molar-refractivity contribution is 6.67. The number of benzene rings is 1. The van der Waals surface area contributed by atoms with Crippen molar-refractivity contribution in [3.05, 3.63) is 69.0 Å². The number of ether oxygens (including phenoxy) is 2. The first kappa shape index (κ1) is 22.3. The molecule has 2 unspecified atom stereocenters. The maximum Gasteiger partial charge on any atom is 0.340 e. The molecule has 0 bridgehead atoms. The Morgan fingerprint density at radius 1 is 1.35 bits per heavy atom. The lowest BCUT2D eigenvalue weighted by molar-refractivity contribution is -0.157. The predicted octanol–water partition coefficient (Wildman–Crippen LogP) is 3.17. The lowest BCUT2D eigenvalue weighted by Crippen LogP contribution is -2.32. The molecule has 0 spiro atoms. The van der Waals surface area contributed by atoms with Crippen molar-refractivity contribution >= 4 is 33.7 Å². The van der Waals surface area contributed by atoms with E-state index < -0.39 is 23.4 Å². The van der Waals surface area contributed by atoms with E-state index in [2.05, 4.69) is 6.58 Å². The van der Waals surface area contributed by atoms with E-state index in [1.807, 2.05) is 19.1 Å². The highest BCUT2D eigenvalue weighted by Gasteiger charge is 2.34. The summed E-state index contributed by atoms with van der Waals surface area (Å²) in [6, 6.07) is 7.09. The van der Waals surface area contributed by atoms with E-state index in [0.29, 0.717) is 35.6 Å². The Hall–Kier alpha value is -3.49. The average molecular weight is 481 g/mol. The quantitative estimate of drug-likeness (QED) is 0.265. The molecule has 5 rings (SSSR count). The molecule has 0 aliphatic carbocycles. The largest absolute Gasteiger partial charge is 0.486 e. The van der Waals surface area contributed by atoms with Gasteiger partial charge in [-0.05, 0) is 54.8 Å². The van der Waals surface area contributed by atoms with Gasteiger partial charge in [-0.15, -0.1) is 0 Å². The Balaban J connectivity index is 1.63. The second-order valence-electron chi connectivity index (χ2n) is 8.37. The number of carbonyl (C=O) groups excluding carboxylic acids is 2. The van der Waals surface area contributed by atoms with E-state index in [9.17, 15) is 19.5 Å². The number of cyclic esters (lactones) is 1. The zero-order chi connectivity index (χ0) is 24.3. The number of halogens is 1. The second kappa shape index (κ2) is 8.07. The van der Waals surface area contributed by atoms with E-state index in [0.717, 1.165) is 16.5 Å². The normalized spacial score (nSPS) is 16.9. The fourth-order valence-electron chi connectivity index (χ4n) is 4.60. The number of hydrogen-bond donors (Lipinski definition) is 1. The van der Waals surface area contributed by atoms with Gasteiger partial charge in [-0.3, -0.25) is 9.59 Å². The van der Waals surface area contributed by atoms with Crippen LogP contribution in [0.25, 0.3) is 22.3 Å². The van der Waals surface area contributed by atoms with Gasteiger partial charge >= 0.3 is 5.97 Å². The molecule has 4 heterocycles. The summed E-state index contributed by atoms with van der Waals surface area (Å²) < 4.78 is 12.4. The fraction of sp³-hybridized carbons (Fsp3) is 0.280. The predicted molar refractivity (Wildman–Crippen MR) is 125 cm³/mol. The highest BCUT2D eigenvalue weighted by atomic mass is 35.5. The summed E-state index contributed by atoms with van der Waals surface area (Å²) in [5.74, 6) is -0.228. The monoisotopic (exact) mass is 480 g/mol. The van der Waals surface area contributed by atoms with Gasteiger partial charge in [-0.2, -0.15) is 0 Å². The van der Waals surface area contributed by atoms with Gasteiger partial charge in [0.15, 0.2) is 6.10 Å². The molecule has 1 N–H and O–H groups in total. The first-order valence-electron chi connectivity index (χ1n) is 10.8. The van der Waals surface area contributed by atoms with Crippen molar-refractivity contribution < 1.29 is 24.2 Å². The Morgan fingerprint density at radius 2 is 2.12 bits per heavy atom. The zero-order valence-electron chi connectivity index (χ0n) is 18.6. The molecule has 2 aliphatic rings. The number of aryl methyl sites for hydroxylation is 1. The van der Waals surface area contributed by atoms with Gasteiger partial charge in [-0.25, -0.2) is 9.78 Å². The van der Waals surface area contributed by atoms with E-state index in [4.69, 9.17) is 26.1 Å². The molecule has 3 aromatic rings. The minimum Gasteiger partial charge on any atom is -0.486 e. The molecule has 0 saturated carbocycles. The highest BCUT2D eigenvalue weighted by Crippen LogP contribution is 2.38. The van der Waals surface area contributed by atoms with Crippen molar-refractivity contribution in [3.8, 4) is 17.1 Å². The summed E-state index contributed by atoms with van der Waals surface area (Å²) in [4.78, 5) is 41.2. The third-order valence-electron chi connectivity index (χ3n) is 6.46. The first-order chi connectivity index (χ1) is 16.2. The van der Waals surface area contributed by atoms with Crippen LogP contribution in [0.4, 0.5) is 0 Å². The van der Waals surface area contributed by atoms with Crippen molar-refractivity contribution in [1.29, 1.82) is 0 Å². The fourth-order valence-corrected chi connectivity index (χ4v) is 4.75. The number of esters is 1. The maximum absolute atomic E-state index is 13.2. The molecule has 2 aromatic heterocycles. The minimum atomic E-state index is -1.49. The van der Waals surface area contributed by atoms with E-state index >= 15 is 0 Å². The summed E-state index contributed by atoms with van der Waals surface area (Å²) in [6.45, 7) is 7.55. The van der Waals surface area contributed by atoms with Crippen LogP contribution < -0.4 is 10.3 Å². The lowest BCUT2D eigenvalue weighted by Gasteiger charge is -2.21. The van der Waals surface area contributed by atoms with Crippen LogP contribution in [0.3, 0.4) is 0 Å². The van der Waals surface area contributed by atoms with Crippen molar-refractivity contribution in [2.75, 3.05) is 0 Å². The molecule has 9 heteroatoms. The maximum atomic E-state index is 13.2. The molecule has 0 saturated heterocycles. The molecule has 8 nitrogen and oxygen atoms in total. The number of fused-ring (bicyclic) bond motifs is 5. The molecule has 0 amide bonds. The van der Waals surface area contributed by atoms with Gasteiger partial charge in [0.25, 0.3) is 10.8 Å².